The van der Waals surface area contributed by atoms with Crippen LogP contribution in [0.1, 0.15) is 6.92 Å². The van der Waals surface area contributed by atoms with Gasteiger partial charge in [0.2, 0.25) is 10.0 Å². The third-order valence-corrected chi connectivity index (χ3v) is 4.21. The van der Waals surface area contributed by atoms with Crippen LogP contribution in [0.25, 0.3) is 0 Å². The van der Waals surface area contributed by atoms with Crippen molar-refractivity contribution < 1.29 is 12.8 Å². The van der Waals surface area contributed by atoms with Crippen LogP contribution in [-0.4, -0.2) is 28.1 Å². The van der Waals surface area contributed by atoms with Gasteiger partial charge in [0.25, 0.3) is 0 Å². The first-order valence-electron chi connectivity index (χ1n) is 4.99. The maximum atomic E-state index is 13.5. The molecular weight excluding hydrogens is 311 g/mol. The molecule has 2 N–H and O–H groups in total. The monoisotopic (exact) mass is 324 g/mol. The molecule has 1 aromatic rings. The number of likely N-dealkylation sites (N-methyl/N-ethyl adjacent to an activating group) is 1. The van der Waals surface area contributed by atoms with Crippen molar-refractivity contribution in [3.63, 3.8) is 0 Å². The second-order valence-electron chi connectivity index (χ2n) is 3.62. The van der Waals surface area contributed by atoms with Gasteiger partial charge in [0.1, 0.15) is 10.7 Å². The van der Waals surface area contributed by atoms with Crippen molar-refractivity contribution in [1.82, 2.24) is 10.0 Å². The standard InChI is InChI=1S/C10H14BrFN2O2S/c1-7(13-2)6-14-17(15,16)10-4-3-8(11)5-9(10)12/h3-5,7,13-14H,6H2,1-2H3. The van der Waals surface area contributed by atoms with Crippen LogP contribution in [-0.2, 0) is 10.0 Å². The van der Waals surface area contributed by atoms with Gasteiger partial charge in [0, 0.05) is 17.1 Å². The Kier molecular flexibility index (Phi) is 5.05. The lowest BCUT2D eigenvalue weighted by Crippen LogP contribution is -2.37. The molecule has 0 aromatic heterocycles. The molecule has 0 bridgehead atoms. The predicted molar refractivity (Wildman–Crippen MR) is 67.8 cm³/mol. The number of hydrogen-bond donors (Lipinski definition) is 2. The Morgan fingerprint density at radius 1 is 1.47 bits per heavy atom. The number of benzene rings is 1. The van der Waals surface area contributed by atoms with Crippen molar-refractivity contribution in [1.29, 1.82) is 0 Å². The normalized spacial score (nSPS) is 13.6. The molecule has 1 aromatic carbocycles. The Balaban J connectivity index is 2.90. The zero-order valence-corrected chi connectivity index (χ0v) is 11.9. The zero-order valence-electron chi connectivity index (χ0n) is 9.50. The zero-order chi connectivity index (χ0) is 13.1. The summed E-state index contributed by atoms with van der Waals surface area (Å²) in [6.45, 7) is 2.02. The van der Waals surface area contributed by atoms with Crippen molar-refractivity contribution in [2.24, 2.45) is 0 Å². The molecule has 0 aliphatic carbocycles. The lowest BCUT2D eigenvalue weighted by molar-refractivity contribution is 0.540. The molecule has 0 saturated carbocycles. The minimum absolute atomic E-state index is 0.0247. The molecule has 0 radical (unpaired) electrons. The first-order valence-corrected chi connectivity index (χ1v) is 7.26. The topological polar surface area (TPSA) is 58.2 Å². The van der Waals surface area contributed by atoms with E-state index in [-0.39, 0.29) is 17.5 Å². The highest BCUT2D eigenvalue weighted by atomic mass is 79.9. The fraction of sp³-hybridized carbons (Fsp3) is 0.400. The van der Waals surface area contributed by atoms with E-state index in [0.29, 0.717) is 4.47 Å². The van der Waals surface area contributed by atoms with Crippen LogP contribution in [0.5, 0.6) is 0 Å². The van der Waals surface area contributed by atoms with Gasteiger partial charge in [-0.15, -0.1) is 0 Å². The average molecular weight is 325 g/mol. The molecular formula is C10H14BrFN2O2S. The SMILES string of the molecule is CNC(C)CNS(=O)(=O)c1ccc(Br)cc1F. The summed E-state index contributed by atoms with van der Waals surface area (Å²) >= 11 is 3.07. The van der Waals surface area contributed by atoms with Crippen LogP contribution in [0.3, 0.4) is 0 Å². The first kappa shape index (κ1) is 14.6. The average Bonchev–Trinajstić information content (AvgIpc) is 2.25. The van der Waals surface area contributed by atoms with Crippen molar-refractivity contribution in [2.75, 3.05) is 13.6 Å². The van der Waals surface area contributed by atoms with E-state index in [9.17, 15) is 12.8 Å². The molecule has 0 aliphatic rings. The number of nitrogens with one attached hydrogen (secondary N) is 2. The van der Waals surface area contributed by atoms with Crippen LogP contribution in [0.15, 0.2) is 27.6 Å². The summed E-state index contributed by atoms with van der Waals surface area (Å²) in [5.41, 5.74) is 0. The van der Waals surface area contributed by atoms with Crippen LogP contribution in [0.4, 0.5) is 4.39 Å². The summed E-state index contributed by atoms with van der Waals surface area (Å²) in [5.74, 6) is -0.774. The van der Waals surface area contributed by atoms with E-state index in [4.69, 9.17) is 0 Å². The number of hydrogen-bond acceptors (Lipinski definition) is 3. The maximum Gasteiger partial charge on any atom is 0.243 e. The molecule has 0 fully saturated rings. The molecule has 0 saturated heterocycles. The molecule has 96 valence electrons. The van der Waals surface area contributed by atoms with Crippen molar-refractivity contribution in [3.05, 3.63) is 28.5 Å². The molecule has 1 unspecified atom stereocenters. The van der Waals surface area contributed by atoms with Gasteiger partial charge in [0.15, 0.2) is 0 Å². The summed E-state index contributed by atoms with van der Waals surface area (Å²) in [6.07, 6.45) is 0. The first-order chi connectivity index (χ1) is 7.86. The summed E-state index contributed by atoms with van der Waals surface area (Å²) < 4.78 is 39.9. The van der Waals surface area contributed by atoms with Crippen LogP contribution in [0, 0.1) is 5.82 Å². The van der Waals surface area contributed by atoms with E-state index < -0.39 is 15.8 Å². The lowest BCUT2D eigenvalue weighted by Gasteiger charge is -2.12. The Hall–Kier alpha value is -0.500. The van der Waals surface area contributed by atoms with Crippen LogP contribution < -0.4 is 10.0 Å². The largest absolute Gasteiger partial charge is 0.316 e. The Morgan fingerprint density at radius 3 is 2.65 bits per heavy atom. The van der Waals surface area contributed by atoms with Crippen LogP contribution >= 0.6 is 15.9 Å². The molecule has 0 aliphatic heterocycles. The van der Waals surface area contributed by atoms with Crippen molar-refractivity contribution in [2.45, 2.75) is 17.9 Å². The Morgan fingerprint density at radius 2 is 2.12 bits per heavy atom. The van der Waals surface area contributed by atoms with Gasteiger partial charge >= 0.3 is 0 Å². The lowest BCUT2D eigenvalue weighted by atomic mass is 10.3. The molecule has 7 heteroatoms. The van der Waals surface area contributed by atoms with Crippen molar-refractivity contribution >= 4 is 26.0 Å². The molecule has 0 spiro atoms. The van der Waals surface area contributed by atoms with E-state index in [2.05, 4.69) is 26.0 Å². The molecule has 17 heavy (non-hydrogen) atoms. The van der Waals surface area contributed by atoms with E-state index in [0.717, 1.165) is 6.07 Å². The quantitative estimate of drug-likeness (QED) is 0.862. The fourth-order valence-corrected chi connectivity index (χ4v) is 2.63. The molecule has 1 rings (SSSR count). The number of sulfonamides is 1. The van der Waals surface area contributed by atoms with Gasteiger partial charge in [-0.05, 0) is 32.2 Å². The van der Waals surface area contributed by atoms with Gasteiger partial charge in [-0.1, -0.05) is 15.9 Å². The van der Waals surface area contributed by atoms with Gasteiger partial charge in [-0.3, -0.25) is 0 Å². The minimum atomic E-state index is -3.80. The number of halogens is 2. The summed E-state index contributed by atoms with van der Waals surface area (Å²) in [6, 6.07) is 3.81. The van der Waals surface area contributed by atoms with E-state index in [1.807, 2.05) is 6.92 Å². The molecule has 0 amide bonds. The third kappa shape index (κ3) is 4.02. The van der Waals surface area contributed by atoms with Gasteiger partial charge in [-0.25, -0.2) is 17.5 Å². The summed E-state index contributed by atoms with van der Waals surface area (Å²) in [4.78, 5) is -0.344. The van der Waals surface area contributed by atoms with Crippen LogP contribution in [0.2, 0.25) is 0 Å². The second kappa shape index (κ2) is 5.90. The predicted octanol–water partition coefficient (Wildman–Crippen LogP) is 1.47. The smallest absolute Gasteiger partial charge is 0.243 e. The van der Waals surface area contributed by atoms with E-state index in [1.54, 1.807) is 7.05 Å². The Bertz CT molecular complexity index is 493. The minimum Gasteiger partial charge on any atom is -0.316 e. The Labute approximate surface area is 109 Å². The molecule has 1 atom stereocenters. The van der Waals surface area contributed by atoms with Gasteiger partial charge in [-0.2, -0.15) is 0 Å². The fourth-order valence-electron chi connectivity index (χ4n) is 1.11. The molecule has 4 nitrogen and oxygen atoms in total. The van der Waals surface area contributed by atoms with Gasteiger partial charge < -0.3 is 5.32 Å². The highest BCUT2D eigenvalue weighted by Gasteiger charge is 2.19. The maximum absolute atomic E-state index is 13.5. The van der Waals surface area contributed by atoms with E-state index >= 15 is 0 Å². The highest BCUT2D eigenvalue weighted by Crippen LogP contribution is 2.19. The van der Waals surface area contributed by atoms with E-state index in [1.165, 1.54) is 12.1 Å². The molecule has 0 heterocycles. The summed E-state index contributed by atoms with van der Waals surface area (Å²) in [5, 5.41) is 2.88. The third-order valence-electron chi connectivity index (χ3n) is 2.26. The highest BCUT2D eigenvalue weighted by molar-refractivity contribution is 9.10. The number of rotatable bonds is 5. The van der Waals surface area contributed by atoms with Gasteiger partial charge in [0.05, 0.1) is 0 Å². The summed E-state index contributed by atoms with van der Waals surface area (Å²) in [7, 11) is -2.08. The second-order valence-corrected chi connectivity index (χ2v) is 6.27. The van der Waals surface area contributed by atoms with Crippen molar-refractivity contribution in [3.8, 4) is 0 Å².